The molecule has 0 unspecified atom stereocenters. The zero-order chi connectivity index (χ0) is 17.1. The monoisotopic (exact) mass is 327 g/mol. The molecule has 0 aliphatic carbocycles. The Morgan fingerprint density at radius 2 is 1.88 bits per heavy atom. The number of hydrogen-bond acceptors (Lipinski definition) is 3. The lowest BCUT2D eigenvalue weighted by molar-refractivity contribution is 0.102. The Labute approximate surface area is 141 Å². The van der Waals surface area contributed by atoms with Gasteiger partial charge in [0.15, 0.2) is 0 Å². The van der Waals surface area contributed by atoms with Crippen LogP contribution in [0.15, 0.2) is 36.4 Å². The second kappa shape index (κ2) is 6.91. The van der Waals surface area contributed by atoms with Gasteiger partial charge in [0.2, 0.25) is 0 Å². The van der Waals surface area contributed by atoms with Crippen LogP contribution in [0.25, 0.3) is 0 Å². The quantitative estimate of drug-likeness (QED) is 0.839. The number of amides is 1. The molecule has 1 amide bonds. The summed E-state index contributed by atoms with van der Waals surface area (Å²) in [7, 11) is 0. The molecular weight excluding hydrogens is 305 g/mol. The van der Waals surface area contributed by atoms with Gasteiger partial charge in [-0.3, -0.25) is 4.79 Å². The summed E-state index contributed by atoms with van der Waals surface area (Å²) in [5, 5.41) is 2.74. The van der Waals surface area contributed by atoms with Gasteiger partial charge in [-0.15, -0.1) is 0 Å². The number of nitrogens with zero attached hydrogens (tertiary/aromatic N) is 1. The van der Waals surface area contributed by atoms with Crippen LogP contribution in [0.3, 0.4) is 0 Å². The Kier molecular flexibility index (Phi) is 4.69. The Morgan fingerprint density at radius 3 is 2.58 bits per heavy atom. The maximum absolute atomic E-state index is 13.8. The Morgan fingerprint density at radius 1 is 1.17 bits per heavy atom. The maximum Gasteiger partial charge on any atom is 0.258 e. The van der Waals surface area contributed by atoms with Crippen LogP contribution in [0.4, 0.5) is 21.5 Å². The molecule has 2 aromatic rings. The zero-order valence-electron chi connectivity index (χ0n) is 13.8. The summed E-state index contributed by atoms with van der Waals surface area (Å²) in [6.45, 7) is 4.03. The number of benzene rings is 2. The lowest BCUT2D eigenvalue weighted by Gasteiger charge is -2.31. The van der Waals surface area contributed by atoms with E-state index in [1.807, 2.05) is 19.1 Å². The highest BCUT2D eigenvalue weighted by Crippen LogP contribution is 2.31. The topological polar surface area (TPSA) is 58.4 Å². The Hall–Kier alpha value is -2.56. The minimum atomic E-state index is -0.545. The molecule has 5 heteroatoms. The molecule has 0 atom stereocenters. The van der Waals surface area contributed by atoms with Crippen LogP contribution < -0.4 is 16.0 Å². The van der Waals surface area contributed by atoms with Gasteiger partial charge in [0, 0.05) is 18.8 Å². The smallest absolute Gasteiger partial charge is 0.258 e. The number of aryl methyl sites for hydroxylation is 1. The van der Waals surface area contributed by atoms with Gasteiger partial charge in [0.05, 0.1) is 16.9 Å². The van der Waals surface area contributed by atoms with Gasteiger partial charge in [-0.1, -0.05) is 12.1 Å². The summed E-state index contributed by atoms with van der Waals surface area (Å²) in [6, 6.07) is 9.68. The minimum absolute atomic E-state index is 0.0111. The zero-order valence-corrected chi connectivity index (χ0v) is 13.8. The number of nitrogens with two attached hydrogens (primary N) is 1. The standard InChI is InChI=1S/C19H22FN3O/c1-13-11-16(21)17(12-18(13)23-9-5-2-6-10-23)22-19(24)14-7-3-4-8-15(14)20/h3-4,7-8,11-12H,2,5-6,9-10,21H2,1H3,(H,22,24). The highest BCUT2D eigenvalue weighted by molar-refractivity contribution is 6.06. The van der Waals surface area contributed by atoms with Gasteiger partial charge >= 0.3 is 0 Å². The molecule has 0 saturated carbocycles. The normalized spacial score (nSPS) is 14.5. The van der Waals surface area contributed by atoms with Crippen molar-refractivity contribution in [1.29, 1.82) is 0 Å². The first-order chi connectivity index (χ1) is 11.6. The second-order valence-electron chi connectivity index (χ2n) is 6.21. The van der Waals surface area contributed by atoms with Crippen LogP contribution in [0.5, 0.6) is 0 Å². The van der Waals surface area contributed by atoms with Gasteiger partial charge in [0.25, 0.3) is 5.91 Å². The van der Waals surface area contributed by atoms with E-state index in [1.165, 1.54) is 31.4 Å². The fourth-order valence-electron chi connectivity index (χ4n) is 3.14. The summed E-state index contributed by atoms with van der Waals surface area (Å²) in [4.78, 5) is 14.7. The van der Waals surface area contributed by atoms with Crippen molar-refractivity contribution in [3.63, 3.8) is 0 Å². The summed E-state index contributed by atoms with van der Waals surface area (Å²) in [6.07, 6.45) is 3.59. The van der Waals surface area contributed by atoms with E-state index in [-0.39, 0.29) is 5.56 Å². The molecule has 0 radical (unpaired) electrons. The molecule has 4 nitrogen and oxygen atoms in total. The third-order valence-corrected chi connectivity index (χ3v) is 4.43. The molecule has 2 aromatic carbocycles. The molecule has 3 N–H and O–H groups in total. The van der Waals surface area contributed by atoms with Crippen molar-refractivity contribution >= 4 is 23.0 Å². The Balaban J connectivity index is 1.87. The van der Waals surface area contributed by atoms with E-state index >= 15 is 0 Å². The van der Waals surface area contributed by atoms with Crippen molar-refractivity contribution in [2.45, 2.75) is 26.2 Å². The van der Waals surface area contributed by atoms with Crippen LogP contribution in [0, 0.1) is 12.7 Å². The van der Waals surface area contributed by atoms with Crippen LogP contribution in [0.2, 0.25) is 0 Å². The number of nitrogen functional groups attached to an aromatic ring is 1. The molecule has 0 aromatic heterocycles. The first-order valence-electron chi connectivity index (χ1n) is 8.27. The van der Waals surface area contributed by atoms with E-state index < -0.39 is 11.7 Å². The summed E-state index contributed by atoms with van der Waals surface area (Å²) in [5.41, 5.74) is 9.23. The van der Waals surface area contributed by atoms with E-state index in [0.29, 0.717) is 11.4 Å². The fraction of sp³-hybridized carbons (Fsp3) is 0.316. The molecule has 1 aliphatic rings. The summed E-state index contributed by atoms with van der Waals surface area (Å²) >= 11 is 0. The number of anilines is 3. The van der Waals surface area contributed by atoms with Crippen molar-refractivity contribution in [3.05, 3.63) is 53.3 Å². The predicted octanol–water partition coefficient (Wildman–Crippen LogP) is 3.96. The van der Waals surface area contributed by atoms with Gasteiger partial charge in [-0.05, 0) is 56.0 Å². The number of halogens is 1. The molecule has 0 bridgehead atoms. The van der Waals surface area contributed by atoms with E-state index in [2.05, 4.69) is 10.2 Å². The van der Waals surface area contributed by atoms with Crippen LogP contribution >= 0.6 is 0 Å². The van der Waals surface area contributed by atoms with Crippen molar-refractivity contribution < 1.29 is 9.18 Å². The average Bonchev–Trinajstić information content (AvgIpc) is 2.58. The molecular formula is C19H22FN3O. The van der Waals surface area contributed by atoms with Crippen molar-refractivity contribution in [1.82, 2.24) is 0 Å². The minimum Gasteiger partial charge on any atom is -0.397 e. The number of nitrogens with one attached hydrogen (secondary N) is 1. The molecule has 1 heterocycles. The highest BCUT2D eigenvalue weighted by Gasteiger charge is 2.17. The third-order valence-electron chi connectivity index (χ3n) is 4.43. The number of carbonyl (C=O) groups is 1. The number of hydrogen-bond donors (Lipinski definition) is 2. The average molecular weight is 327 g/mol. The van der Waals surface area contributed by atoms with E-state index in [1.54, 1.807) is 12.1 Å². The van der Waals surface area contributed by atoms with E-state index in [0.717, 1.165) is 24.3 Å². The maximum atomic E-state index is 13.8. The number of rotatable bonds is 3. The predicted molar refractivity (Wildman–Crippen MR) is 96.0 cm³/mol. The molecule has 1 aliphatic heterocycles. The van der Waals surface area contributed by atoms with Gasteiger partial charge in [0.1, 0.15) is 5.82 Å². The lowest BCUT2D eigenvalue weighted by Crippen LogP contribution is -2.30. The van der Waals surface area contributed by atoms with Crippen molar-refractivity contribution in [2.75, 3.05) is 29.0 Å². The van der Waals surface area contributed by atoms with E-state index in [9.17, 15) is 9.18 Å². The highest BCUT2D eigenvalue weighted by atomic mass is 19.1. The fourth-order valence-corrected chi connectivity index (χ4v) is 3.14. The first-order valence-corrected chi connectivity index (χ1v) is 8.27. The lowest BCUT2D eigenvalue weighted by atomic mass is 10.1. The summed E-state index contributed by atoms with van der Waals surface area (Å²) in [5.74, 6) is -1.04. The van der Waals surface area contributed by atoms with Gasteiger partial charge in [-0.2, -0.15) is 0 Å². The summed E-state index contributed by atoms with van der Waals surface area (Å²) < 4.78 is 13.8. The molecule has 24 heavy (non-hydrogen) atoms. The molecule has 1 saturated heterocycles. The first kappa shape index (κ1) is 16.3. The SMILES string of the molecule is Cc1cc(N)c(NC(=O)c2ccccc2F)cc1N1CCCCC1. The number of carbonyl (C=O) groups excluding carboxylic acids is 1. The number of piperidine rings is 1. The van der Waals surface area contributed by atoms with Crippen molar-refractivity contribution in [3.8, 4) is 0 Å². The van der Waals surface area contributed by atoms with Gasteiger partial charge in [-0.25, -0.2) is 4.39 Å². The molecule has 0 spiro atoms. The molecule has 1 fully saturated rings. The second-order valence-corrected chi connectivity index (χ2v) is 6.21. The van der Waals surface area contributed by atoms with Crippen LogP contribution in [0.1, 0.15) is 35.2 Å². The largest absolute Gasteiger partial charge is 0.397 e. The van der Waals surface area contributed by atoms with E-state index in [4.69, 9.17) is 5.73 Å². The Bertz CT molecular complexity index is 754. The van der Waals surface area contributed by atoms with Crippen LogP contribution in [-0.2, 0) is 0 Å². The molecule has 126 valence electrons. The van der Waals surface area contributed by atoms with Gasteiger partial charge < -0.3 is 16.0 Å². The molecule has 3 rings (SSSR count). The third kappa shape index (κ3) is 3.35. The van der Waals surface area contributed by atoms with Crippen LogP contribution in [-0.4, -0.2) is 19.0 Å². The van der Waals surface area contributed by atoms with Crippen molar-refractivity contribution in [2.24, 2.45) is 0 Å².